The highest BCUT2D eigenvalue weighted by atomic mass is 35.5. The van der Waals surface area contributed by atoms with Gasteiger partial charge in [0.1, 0.15) is 17.4 Å². The zero-order valence-corrected chi connectivity index (χ0v) is 34.8. The van der Waals surface area contributed by atoms with Gasteiger partial charge in [-0.05, 0) is 124 Å². The minimum absolute atomic E-state index is 0.0938. The summed E-state index contributed by atoms with van der Waals surface area (Å²) in [6, 6.07) is 20.0. The van der Waals surface area contributed by atoms with Gasteiger partial charge in [0.05, 0.1) is 17.6 Å². The number of hydrogen-bond donors (Lipinski definition) is 1. The van der Waals surface area contributed by atoms with E-state index in [2.05, 4.69) is 72.3 Å². The highest BCUT2D eigenvalue weighted by Gasteiger charge is 2.51. The molecule has 0 radical (unpaired) electrons. The molecule has 3 aromatic carbocycles. The van der Waals surface area contributed by atoms with Gasteiger partial charge in [-0.3, -0.25) is 33.9 Å². The first-order valence-corrected chi connectivity index (χ1v) is 22.1. The third kappa shape index (κ3) is 7.27. The summed E-state index contributed by atoms with van der Waals surface area (Å²) in [5.74, 6) is 1.48. The molecule has 1 atom stereocenters. The summed E-state index contributed by atoms with van der Waals surface area (Å²) in [5.41, 5.74) is 8.96. The summed E-state index contributed by atoms with van der Waals surface area (Å²) in [7, 11) is 0. The van der Waals surface area contributed by atoms with E-state index >= 15 is 0 Å². The number of carbonyl (C=O) groups is 3. The molecule has 5 aliphatic rings. The largest absolute Gasteiger partial charge is 0.322 e. The predicted molar refractivity (Wildman–Crippen MR) is 229 cm³/mol. The molecule has 308 valence electrons. The molecule has 1 spiro atoms. The van der Waals surface area contributed by atoms with E-state index < -0.39 is 6.04 Å². The van der Waals surface area contributed by atoms with E-state index in [4.69, 9.17) is 21.7 Å². The Balaban J connectivity index is 0.700. The van der Waals surface area contributed by atoms with Crippen LogP contribution in [0.5, 0.6) is 0 Å². The van der Waals surface area contributed by atoms with Crippen molar-refractivity contribution in [2.45, 2.75) is 108 Å². The van der Waals surface area contributed by atoms with Crippen LogP contribution in [-0.4, -0.2) is 83.5 Å². The van der Waals surface area contributed by atoms with Crippen molar-refractivity contribution < 1.29 is 14.4 Å². The molecule has 5 aromatic rings. The Bertz CT molecular complexity index is 2510. The molecule has 10 rings (SSSR count). The zero-order chi connectivity index (χ0) is 41.0. The fraction of sp³-hybridized carbons (Fsp3) is 0.426. The molecule has 13 heteroatoms. The average molecular weight is 824 g/mol. The normalized spacial score (nSPS) is 19.8. The molecule has 1 aliphatic carbocycles. The van der Waals surface area contributed by atoms with Crippen molar-refractivity contribution >= 4 is 35.0 Å². The van der Waals surface area contributed by atoms with Crippen LogP contribution < -0.4 is 5.32 Å². The smallest absolute Gasteiger partial charge is 0.255 e. The summed E-state index contributed by atoms with van der Waals surface area (Å²) in [6.45, 7) is 6.58. The standard InChI is InChI=1S/C47H50ClN9O3/c1-30-52-53-46-47(20-21-47)51-43(32-10-13-35(48)14-11-32)38-26-33(12-15-40(38)57(30)46)34-27-49-55(28-34)23-6-4-2-3-5-22-54-24-18-31(19-25-54)36-8-7-9-37-39(36)29-56(45(37)60)41-16-17-42(58)50-44(41)59/h7-15,26-28,31,41H,2-6,16-25,29H2,1H3,(H,50,58,59)/t41-/m0/s1. The maximum atomic E-state index is 13.3. The van der Waals surface area contributed by atoms with E-state index in [-0.39, 0.29) is 29.7 Å². The lowest BCUT2D eigenvalue weighted by atomic mass is 9.85. The van der Waals surface area contributed by atoms with Crippen molar-refractivity contribution in [3.63, 3.8) is 0 Å². The van der Waals surface area contributed by atoms with Gasteiger partial charge in [0.15, 0.2) is 5.82 Å². The van der Waals surface area contributed by atoms with E-state index in [1.54, 1.807) is 4.90 Å². The van der Waals surface area contributed by atoms with Crippen molar-refractivity contribution in [2.24, 2.45) is 4.99 Å². The summed E-state index contributed by atoms with van der Waals surface area (Å²) in [4.78, 5) is 47.3. The van der Waals surface area contributed by atoms with Gasteiger partial charge in [-0.2, -0.15) is 5.10 Å². The first kappa shape index (κ1) is 38.7. The predicted octanol–water partition coefficient (Wildman–Crippen LogP) is 7.52. The Hall–Kier alpha value is -5.46. The van der Waals surface area contributed by atoms with Crippen LogP contribution in [0, 0.1) is 6.92 Å². The number of imide groups is 1. The first-order valence-electron chi connectivity index (χ1n) is 21.7. The second kappa shape index (κ2) is 15.9. The van der Waals surface area contributed by atoms with Crippen molar-refractivity contribution in [1.82, 2.24) is 39.7 Å². The number of halogens is 1. The summed E-state index contributed by atoms with van der Waals surface area (Å²) in [5, 5.41) is 16.9. The molecule has 1 saturated carbocycles. The van der Waals surface area contributed by atoms with Crippen molar-refractivity contribution in [3.05, 3.63) is 118 Å². The number of carbonyl (C=O) groups excluding carboxylic acids is 3. The number of fused-ring (bicyclic) bond motifs is 5. The Labute approximate surface area is 355 Å². The van der Waals surface area contributed by atoms with Gasteiger partial charge in [0.25, 0.3) is 5.91 Å². The van der Waals surface area contributed by atoms with Crippen LogP contribution in [-0.2, 0) is 28.2 Å². The molecular weight excluding hydrogens is 774 g/mol. The summed E-state index contributed by atoms with van der Waals surface area (Å²) in [6.07, 6.45) is 14.7. The van der Waals surface area contributed by atoms with E-state index in [1.807, 2.05) is 37.4 Å². The van der Waals surface area contributed by atoms with Crippen LogP contribution >= 0.6 is 11.6 Å². The second-order valence-corrected chi connectivity index (χ2v) is 17.7. The molecular formula is C47H50ClN9O3. The zero-order valence-electron chi connectivity index (χ0n) is 34.1. The van der Waals surface area contributed by atoms with Gasteiger partial charge in [-0.25, -0.2) is 0 Å². The van der Waals surface area contributed by atoms with Gasteiger partial charge in [-0.15, -0.1) is 10.2 Å². The third-order valence-corrected chi connectivity index (χ3v) is 13.6. The van der Waals surface area contributed by atoms with E-state index in [0.717, 1.165) is 109 Å². The lowest BCUT2D eigenvalue weighted by molar-refractivity contribution is -0.136. The molecule has 0 bridgehead atoms. The van der Waals surface area contributed by atoms with Crippen molar-refractivity contribution in [2.75, 3.05) is 19.6 Å². The number of aryl methyl sites for hydroxylation is 2. The highest BCUT2D eigenvalue weighted by Crippen LogP contribution is 2.52. The van der Waals surface area contributed by atoms with Crippen LogP contribution in [0.4, 0.5) is 0 Å². The monoisotopic (exact) mass is 823 g/mol. The number of nitrogens with one attached hydrogen (secondary N) is 1. The number of hydrogen-bond acceptors (Lipinski definition) is 8. The van der Waals surface area contributed by atoms with E-state index in [0.29, 0.717) is 29.5 Å². The van der Waals surface area contributed by atoms with Gasteiger partial charge < -0.3 is 9.80 Å². The van der Waals surface area contributed by atoms with Gasteiger partial charge >= 0.3 is 0 Å². The van der Waals surface area contributed by atoms with Crippen LogP contribution in [0.2, 0.25) is 5.02 Å². The average Bonchev–Trinajstić information content (AvgIpc) is 3.54. The van der Waals surface area contributed by atoms with Crippen molar-refractivity contribution in [1.29, 1.82) is 0 Å². The summed E-state index contributed by atoms with van der Waals surface area (Å²) < 4.78 is 4.26. The number of benzene rings is 3. The molecule has 12 nitrogen and oxygen atoms in total. The minimum atomic E-state index is -0.579. The SMILES string of the molecule is Cc1nnc2n1-c1ccc(-c3cnn(CCCCCCCN4CCC(c5cccc6c5CN([C@H]5CCC(=O)NC5=O)C6=O)CC4)c3)cc1C(c1ccc(Cl)cc1)=NC21CC1. The number of unbranched alkanes of at least 4 members (excludes halogenated alkanes) is 4. The molecule has 2 aromatic heterocycles. The molecule has 3 fully saturated rings. The van der Waals surface area contributed by atoms with Crippen LogP contribution in [0.25, 0.3) is 16.8 Å². The van der Waals surface area contributed by atoms with Crippen LogP contribution in [0.1, 0.15) is 121 Å². The molecule has 60 heavy (non-hydrogen) atoms. The van der Waals surface area contributed by atoms with Gasteiger partial charge in [0, 0.05) is 53.0 Å². The molecule has 6 heterocycles. The number of likely N-dealkylation sites (tertiary alicyclic amines) is 1. The number of rotatable bonds is 12. The van der Waals surface area contributed by atoms with Crippen molar-refractivity contribution in [3.8, 4) is 16.8 Å². The number of amides is 3. The fourth-order valence-corrected chi connectivity index (χ4v) is 10.0. The van der Waals surface area contributed by atoms with Crippen LogP contribution in [0.15, 0.2) is 78.0 Å². The van der Waals surface area contributed by atoms with Gasteiger partial charge in [0.2, 0.25) is 11.8 Å². The molecule has 0 unspecified atom stereocenters. The van der Waals surface area contributed by atoms with E-state index in [1.165, 1.54) is 31.2 Å². The topological polar surface area (TPSA) is 131 Å². The molecule has 4 aliphatic heterocycles. The number of nitrogens with zero attached hydrogens (tertiary/aromatic N) is 8. The lowest BCUT2D eigenvalue weighted by Gasteiger charge is -2.33. The number of piperidine rings is 2. The first-order chi connectivity index (χ1) is 29.2. The Morgan fingerprint density at radius 2 is 1.60 bits per heavy atom. The van der Waals surface area contributed by atoms with Gasteiger partial charge in [-0.1, -0.05) is 61.2 Å². The highest BCUT2D eigenvalue weighted by molar-refractivity contribution is 6.30. The van der Waals surface area contributed by atoms with E-state index in [9.17, 15) is 14.4 Å². The summed E-state index contributed by atoms with van der Waals surface area (Å²) >= 11 is 6.30. The molecule has 1 N–H and O–H groups in total. The Morgan fingerprint density at radius 3 is 2.38 bits per heavy atom. The Morgan fingerprint density at radius 1 is 0.833 bits per heavy atom. The minimum Gasteiger partial charge on any atom is -0.322 e. The fourth-order valence-electron chi connectivity index (χ4n) is 9.89. The molecule has 3 amide bonds. The quantitative estimate of drug-likeness (QED) is 0.102. The third-order valence-electron chi connectivity index (χ3n) is 13.4. The maximum Gasteiger partial charge on any atom is 0.255 e. The maximum absolute atomic E-state index is 13.3. The van der Waals surface area contributed by atoms with Crippen LogP contribution in [0.3, 0.4) is 0 Å². The molecule has 2 saturated heterocycles. The lowest BCUT2D eigenvalue weighted by Crippen LogP contribution is -2.52. The Kier molecular flexibility index (Phi) is 10.2. The number of aromatic nitrogens is 5. The number of aliphatic imine (C=N–C) groups is 1. The second-order valence-electron chi connectivity index (χ2n) is 17.3.